The van der Waals surface area contributed by atoms with E-state index in [2.05, 4.69) is 5.73 Å². The van der Waals surface area contributed by atoms with Crippen LogP contribution in [0.1, 0.15) is 13.8 Å². The molecule has 0 N–H and O–H groups in total. The summed E-state index contributed by atoms with van der Waals surface area (Å²) in [7, 11) is 0. The van der Waals surface area contributed by atoms with Crippen molar-refractivity contribution in [2.75, 3.05) is 0 Å². The van der Waals surface area contributed by atoms with E-state index in [1.54, 1.807) is 12.2 Å². The second kappa shape index (κ2) is 4.90. The minimum Gasteiger partial charge on any atom is -0.193 e. The van der Waals surface area contributed by atoms with Gasteiger partial charge in [-0.05, 0) is 31.6 Å². The topological polar surface area (TPSA) is 23.8 Å². The summed E-state index contributed by atoms with van der Waals surface area (Å²) in [6.07, 6.45) is 4.79. The molecule has 46 valence electrons. The summed E-state index contributed by atoms with van der Waals surface area (Å²) in [5, 5.41) is 8.04. The zero-order valence-electron chi connectivity index (χ0n) is 5.68. The first-order valence-electron chi connectivity index (χ1n) is 2.72. The first-order valence-corrected chi connectivity index (χ1v) is 2.72. The molecule has 1 nitrogen and oxygen atoms in total. The average molecular weight is 119 g/mol. The zero-order valence-corrected chi connectivity index (χ0v) is 5.68. The second-order valence-electron chi connectivity index (χ2n) is 1.80. The molecule has 0 heterocycles. The van der Waals surface area contributed by atoms with Crippen molar-refractivity contribution in [2.24, 2.45) is 0 Å². The lowest BCUT2D eigenvalue weighted by Crippen LogP contribution is -1.52. The highest BCUT2D eigenvalue weighted by molar-refractivity contribution is 5.12. The lowest BCUT2D eigenvalue weighted by Gasteiger charge is -1.71. The van der Waals surface area contributed by atoms with Gasteiger partial charge >= 0.3 is 0 Å². The minimum atomic E-state index is 1.11. The molecule has 0 aliphatic heterocycles. The monoisotopic (exact) mass is 119 g/mol. The fourth-order valence-electron chi connectivity index (χ4n) is 0.306. The van der Waals surface area contributed by atoms with E-state index in [0.717, 1.165) is 5.57 Å². The molecule has 0 aliphatic carbocycles. The lowest BCUT2D eigenvalue weighted by molar-refractivity contribution is 1.41. The van der Waals surface area contributed by atoms with Crippen LogP contribution >= 0.6 is 0 Å². The molecule has 0 aliphatic rings. The van der Waals surface area contributed by atoms with Crippen molar-refractivity contribution in [3.8, 4) is 6.07 Å². The van der Waals surface area contributed by atoms with Crippen molar-refractivity contribution in [2.45, 2.75) is 13.8 Å². The fourth-order valence-corrected chi connectivity index (χ4v) is 0.306. The third-order valence-electron chi connectivity index (χ3n) is 0.639. The third kappa shape index (κ3) is 6.75. The van der Waals surface area contributed by atoms with Gasteiger partial charge in [0.25, 0.3) is 0 Å². The van der Waals surface area contributed by atoms with Gasteiger partial charge in [-0.3, -0.25) is 0 Å². The fraction of sp³-hybridized carbons (Fsp3) is 0.250. The summed E-state index contributed by atoms with van der Waals surface area (Å²) >= 11 is 0. The molecular formula is C8H9N. The predicted octanol–water partition coefficient (Wildman–Crippen LogP) is 2.19. The van der Waals surface area contributed by atoms with E-state index in [4.69, 9.17) is 5.26 Å². The molecule has 0 amide bonds. The van der Waals surface area contributed by atoms with Crippen LogP contribution in [0.25, 0.3) is 0 Å². The van der Waals surface area contributed by atoms with Crippen molar-refractivity contribution in [3.63, 3.8) is 0 Å². The molecule has 9 heavy (non-hydrogen) atoms. The van der Waals surface area contributed by atoms with E-state index < -0.39 is 0 Å². The highest BCUT2D eigenvalue weighted by atomic mass is 14.2. The summed E-state index contributed by atoms with van der Waals surface area (Å²) in [6.45, 7) is 3.91. The Kier molecular flexibility index (Phi) is 4.22. The summed E-state index contributed by atoms with van der Waals surface area (Å²) in [5.74, 6) is 0. The Morgan fingerprint density at radius 2 is 2.11 bits per heavy atom. The number of allylic oxidation sites excluding steroid dienone is 3. The molecule has 0 unspecified atom stereocenters. The van der Waals surface area contributed by atoms with Gasteiger partial charge in [-0.15, -0.1) is 5.73 Å². The van der Waals surface area contributed by atoms with E-state index in [0.29, 0.717) is 0 Å². The van der Waals surface area contributed by atoms with Gasteiger partial charge < -0.3 is 0 Å². The Morgan fingerprint density at radius 3 is 2.56 bits per heavy atom. The third-order valence-corrected chi connectivity index (χ3v) is 0.639. The van der Waals surface area contributed by atoms with E-state index >= 15 is 0 Å². The summed E-state index contributed by atoms with van der Waals surface area (Å²) in [5.41, 5.74) is 4.04. The largest absolute Gasteiger partial charge is 0.193 e. The number of hydrogen-bond donors (Lipinski definition) is 0. The summed E-state index contributed by atoms with van der Waals surface area (Å²) in [4.78, 5) is 0. The van der Waals surface area contributed by atoms with Gasteiger partial charge in [-0.1, -0.05) is 0 Å². The molecule has 0 spiro atoms. The smallest absolute Gasteiger partial charge is 0.0912 e. The van der Waals surface area contributed by atoms with Gasteiger partial charge in [0.1, 0.15) is 0 Å². The van der Waals surface area contributed by atoms with Gasteiger partial charge in [0.2, 0.25) is 0 Å². The van der Waals surface area contributed by atoms with Gasteiger partial charge in [0, 0.05) is 6.08 Å². The minimum absolute atomic E-state index is 1.11. The molecule has 0 fully saturated rings. The van der Waals surface area contributed by atoms with Gasteiger partial charge in [-0.25, -0.2) is 0 Å². The van der Waals surface area contributed by atoms with Crippen LogP contribution in [-0.4, -0.2) is 0 Å². The molecule has 0 bridgehead atoms. The second-order valence-corrected chi connectivity index (χ2v) is 1.80. The Morgan fingerprint density at radius 1 is 1.44 bits per heavy atom. The number of hydrogen-bond acceptors (Lipinski definition) is 1. The Labute approximate surface area is 55.6 Å². The van der Waals surface area contributed by atoms with E-state index in [-0.39, 0.29) is 0 Å². The Balaban J connectivity index is 3.92. The SMILES string of the molecule is CC(C)=C=C/C=C\C#N. The lowest BCUT2D eigenvalue weighted by atomic mass is 10.3. The molecule has 0 saturated heterocycles. The van der Waals surface area contributed by atoms with E-state index in [1.807, 2.05) is 19.9 Å². The van der Waals surface area contributed by atoms with Crippen LogP contribution in [0.15, 0.2) is 29.5 Å². The van der Waals surface area contributed by atoms with Gasteiger partial charge in [0.05, 0.1) is 6.07 Å². The van der Waals surface area contributed by atoms with Gasteiger partial charge in [0.15, 0.2) is 0 Å². The first kappa shape index (κ1) is 7.75. The van der Waals surface area contributed by atoms with Crippen molar-refractivity contribution < 1.29 is 0 Å². The van der Waals surface area contributed by atoms with Crippen LogP contribution in [-0.2, 0) is 0 Å². The van der Waals surface area contributed by atoms with Gasteiger partial charge in [-0.2, -0.15) is 5.26 Å². The van der Waals surface area contributed by atoms with Crippen LogP contribution in [0.5, 0.6) is 0 Å². The van der Waals surface area contributed by atoms with Crippen molar-refractivity contribution >= 4 is 0 Å². The maximum absolute atomic E-state index is 8.04. The predicted molar refractivity (Wildman–Crippen MR) is 37.7 cm³/mol. The Hall–Kier alpha value is -1.25. The number of nitrogens with zero attached hydrogens (tertiary/aromatic N) is 1. The Bertz CT molecular complexity index is 193. The van der Waals surface area contributed by atoms with Crippen LogP contribution in [0, 0.1) is 11.3 Å². The van der Waals surface area contributed by atoms with E-state index in [1.165, 1.54) is 6.08 Å². The molecule has 0 atom stereocenters. The molecule has 0 aromatic carbocycles. The normalized spacial score (nSPS) is 8.11. The number of nitriles is 1. The zero-order chi connectivity index (χ0) is 7.11. The number of rotatable bonds is 1. The standard InChI is InChI=1S/C8H9N/c1-8(2)6-4-3-5-7-9/h3-5H,1-2H3/b5-3-. The summed E-state index contributed by atoms with van der Waals surface area (Å²) in [6, 6.07) is 1.88. The van der Waals surface area contributed by atoms with Crippen LogP contribution < -0.4 is 0 Å². The van der Waals surface area contributed by atoms with Crippen LogP contribution in [0.3, 0.4) is 0 Å². The molecule has 0 aromatic rings. The maximum atomic E-state index is 8.04. The quantitative estimate of drug-likeness (QED) is 0.295. The molecule has 0 aromatic heterocycles. The summed E-state index contributed by atoms with van der Waals surface area (Å²) < 4.78 is 0. The van der Waals surface area contributed by atoms with Crippen molar-refractivity contribution in [1.82, 2.24) is 0 Å². The van der Waals surface area contributed by atoms with E-state index in [9.17, 15) is 0 Å². The molecular weight excluding hydrogens is 110 g/mol. The average Bonchev–Trinajstić information content (AvgIpc) is 1.80. The van der Waals surface area contributed by atoms with Crippen LogP contribution in [0.4, 0.5) is 0 Å². The first-order chi connectivity index (χ1) is 4.27. The highest BCUT2D eigenvalue weighted by Crippen LogP contribution is 1.82. The maximum Gasteiger partial charge on any atom is 0.0912 e. The highest BCUT2D eigenvalue weighted by Gasteiger charge is 1.63. The molecule has 0 radical (unpaired) electrons. The molecule has 0 rings (SSSR count). The van der Waals surface area contributed by atoms with Crippen LogP contribution in [0.2, 0.25) is 0 Å². The van der Waals surface area contributed by atoms with Crippen molar-refractivity contribution in [3.05, 3.63) is 29.5 Å². The molecule has 1 heteroatoms. The molecule has 0 saturated carbocycles. The van der Waals surface area contributed by atoms with Crippen molar-refractivity contribution in [1.29, 1.82) is 5.26 Å².